The molecule has 1 heterocycles. The lowest BCUT2D eigenvalue weighted by molar-refractivity contribution is -0.155. The normalized spacial score (nSPS) is 30.2. The van der Waals surface area contributed by atoms with Crippen molar-refractivity contribution >= 4 is 21.8 Å². The van der Waals surface area contributed by atoms with Gasteiger partial charge in [-0.25, -0.2) is 13.2 Å². The summed E-state index contributed by atoms with van der Waals surface area (Å²) in [6, 6.07) is 3.46. The Morgan fingerprint density at radius 3 is 2.32 bits per heavy atom. The van der Waals surface area contributed by atoms with E-state index in [4.69, 9.17) is 14.2 Å². The minimum atomic E-state index is -4.02. The lowest BCUT2D eigenvalue weighted by Gasteiger charge is -2.45. The van der Waals surface area contributed by atoms with Crippen LogP contribution in [0.15, 0.2) is 12.1 Å². The number of methoxy groups -OCH3 is 2. The summed E-state index contributed by atoms with van der Waals surface area (Å²) in [5, 5.41) is 0. The van der Waals surface area contributed by atoms with Gasteiger partial charge in [0.25, 0.3) is 0 Å². The zero-order valence-corrected chi connectivity index (χ0v) is 21.7. The molecular weight excluding hydrogens is 458 g/mol. The van der Waals surface area contributed by atoms with Gasteiger partial charge in [-0.2, -0.15) is 4.31 Å². The molecule has 1 aliphatic heterocycles. The number of ether oxygens (including phenoxy) is 3. The molecule has 2 saturated carbocycles. The largest absolute Gasteiger partial charge is 0.493 e. The molecule has 2 aliphatic carbocycles. The number of nitrogens with zero attached hydrogens (tertiary/aromatic N) is 1. The number of carbonyl (C=O) groups is 2. The van der Waals surface area contributed by atoms with Crippen LogP contribution in [0, 0.1) is 16.7 Å². The average Bonchev–Trinajstić information content (AvgIpc) is 3.12. The maximum absolute atomic E-state index is 14.1. The highest BCUT2D eigenvalue weighted by Crippen LogP contribution is 2.64. The van der Waals surface area contributed by atoms with E-state index >= 15 is 0 Å². The minimum absolute atomic E-state index is 0.0268. The molecule has 9 heteroatoms. The van der Waals surface area contributed by atoms with Crippen LogP contribution in [0.1, 0.15) is 58.1 Å². The molecule has 0 amide bonds. The summed E-state index contributed by atoms with van der Waals surface area (Å²) in [5.74, 6) is 0.202. The van der Waals surface area contributed by atoms with Gasteiger partial charge in [0.2, 0.25) is 10.0 Å². The molecule has 0 N–H and O–H groups in total. The van der Waals surface area contributed by atoms with Gasteiger partial charge in [0.1, 0.15) is 5.78 Å². The minimum Gasteiger partial charge on any atom is -0.493 e. The Balaban J connectivity index is 1.83. The van der Waals surface area contributed by atoms with Gasteiger partial charge in [-0.3, -0.25) is 4.79 Å². The molecule has 0 aromatic heterocycles. The Kier molecular flexibility index (Phi) is 6.04. The van der Waals surface area contributed by atoms with Crippen LogP contribution in [0.3, 0.4) is 0 Å². The number of rotatable bonds is 7. The first-order valence-electron chi connectivity index (χ1n) is 11.9. The Bertz CT molecular complexity index is 1130. The molecule has 188 valence electrons. The maximum Gasteiger partial charge on any atom is 0.331 e. The van der Waals surface area contributed by atoms with Crippen molar-refractivity contribution < 1.29 is 32.2 Å². The molecule has 1 aromatic rings. The molecule has 1 aromatic carbocycles. The van der Waals surface area contributed by atoms with Crippen LogP contribution in [0.5, 0.6) is 11.5 Å². The number of Topliss-reactive ketones (excluding diaryl/α,β-unsaturated/α-hetero) is 1. The third-order valence-electron chi connectivity index (χ3n) is 8.79. The van der Waals surface area contributed by atoms with Crippen LogP contribution >= 0.6 is 0 Å². The quantitative estimate of drug-likeness (QED) is 0.538. The van der Waals surface area contributed by atoms with Crippen LogP contribution in [-0.2, 0) is 36.3 Å². The van der Waals surface area contributed by atoms with Gasteiger partial charge in [0.05, 0.1) is 26.6 Å². The number of esters is 1. The highest BCUT2D eigenvalue weighted by atomic mass is 32.2. The fourth-order valence-electron chi connectivity index (χ4n) is 6.56. The molecule has 2 fully saturated rings. The van der Waals surface area contributed by atoms with Crippen molar-refractivity contribution in [3.63, 3.8) is 0 Å². The second kappa shape index (κ2) is 8.22. The van der Waals surface area contributed by atoms with Crippen molar-refractivity contribution in [1.29, 1.82) is 0 Å². The van der Waals surface area contributed by atoms with Crippen molar-refractivity contribution in [2.45, 2.75) is 58.9 Å². The summed E-state index contributed by atoms with van der Waals surface area (Å²) < 4.78 is 45.7. The first-order chi connectivity index (χ1) is 15.9. The van der Waals surface area contributed by atoms with Crippen molar-refractivity contribution in [3.8, 4) is 11.5 Å². The molecule has 8 nitrogen and oxygen atoms in total. The highest BCUT2D eigenvalue weighted by molar-refractivity contribution is 7.89. The van der Waals surface area contributed by atoms with Gasteiger partial charge in [0, 0.05) is 18.4 Å². The Morgan fingerprint density at radius 1 is 1.15 bits per heavy atom. The molecule has 3 aliphatic rings. The molecule has 4 rings (SSSR count). The van der Waals surface area contributed by atoms with E-state index in [-0.39, 0.29) is 30.6 Å². The van der Waals surface area contributed by atoms with Gasteiger partial charge >= 0.3 is 5.97 Å². The molecule has 0 radical (unpaired) electrons. The molecule has 34 heavy (non-hydrogen) atoms. The Hall–Kier alpha value is -2.13. The van der Waals surface area contributed by atoms with Crippen molar-refractivity contribution in [3.05, 3.63) is 23.3 Å². The average molecular weight is 494 g/mol. The summed E-state index contributed by atoms with van der Waals surface area (Å²) in [6.45, 7) is 7.52. The first-order valence-corrected chi connectivity index (χ1v) is 13.5. The Morgan fingerprint density at radius 2 is 1.79 bits per heavy atom. The summed E-state index contributed by atoms with van der Waals surface area (Å²) >= 11 is 0. The van der Waals surface area contributed by atoms with Gasteiger partial charge < -0.3 is 14.2 Å². The highest BCUT2D eigenvalue weighted by Gasteiger charge is 2.66. The van der Waals surface area contributed by atoms with E-state index in [1.54, 1.807) is 26.0 Å². The van der Waals surface area contributed by atoms with Crippen LogP contribution in [0.25, 0.3) is 0 Å². The molecule has 3 atom stereocenters. The van der Waals surface area contributed by atoms with E-state index in [1.807, 2.05) is 13.8 Å². The molecule has 0 saturated heterocycles. The van der Waals surface area contributed by atoms with Gasteiger partial charge in [-0.05, 0) is 67.7 Å². The lowest BCUT2D eigenvalue weighted by atomic mass is 9.70. The summed E-state index contributed by atoms with van der Waals surface area (Å²) in [6.07, 6.45) is 2.24. The fourth-order valence-corrected chi connectivity index (χ4v) is 9.11. The van der Waals surface area contributed by atoms with E-state index in [9.17, 15) is 18.0 Å². The SMILES string of the molecule is CCOC(=O)[C@@]1(C)c2cc(OC)c(OC)cc2CCN1S(=O)(=O)C[C@]12CC[C@@H](CC1=O)C2(C)C. The summed E-state index contributed by atoms with van der Waals surface area (Å²) in [7, 11) is -1.00. The van der Waals surface area contributed by atoms with E-state index in [2.05, 4.69) is 0 Å². The smallest absolute Gasteiger partial charge is 0.331 e. The zero-order valence-electron chi connectivity index (χ0n) is 20.9. The summed E-state index contributed by atoms with van der Waals surface area (Å²) in [5.41, 5.74) is -1.61. The number of benzene rings is 1. The van der Waals surface area contributed by atoms with Gasteiger partial charge in [0.15, 0.2) is 17.0 Å². The van der Waals surface area contributed by atoms with Crippen LogP contribution in [0.2, 0.25) is 0 Å². The first kappa shape index (κ1) is 25.0. The number of hydrogen-bond acceptors (Lipinski definition) is 7. The van der Waals surface area contributed by atoms with Crippen LogP contribution in [-0.4, -0.2) is 57.6 Å². The number of fused-ring (bicyclic) bond motifs is 3. The van der Waals surface area contributed by atoms with Crippen molar-refractivity contribution in [1.82, 2.24) is 4.31 Å². The van der Waals surface area contributed by atoms with Gasteiger partial charge in [-0.15, -0.1) is 0 Å². The summed E-state index contributed by atoms with van der Waals surface area (Å²) in [4.78, 5) is 26.5. The van der Waals surface area contributed by atoms with Gasteiger partial charge in [-0.1, -0.05) is 13.8 Å². The molecule has 0 unspecified atom stereocenters. The molecule has 2 bridgehead atoms. The Labute approximate surface area is 202 Å². The van der Waals surface area contributed by atoms with E-state index in [0.29, 0.717) is 36.3 Å². The predicted molar refractivity (Wildman–Crippen MR) is 126 cm³/mol. The molecule has 0 spiro atoms. The van der Waals surface area contributed by atoms with Crippen LogP contribution in [0.4, 0.5) is 0 Å². The number of sulfonamides is 1. The third kappa shape index (κ3) is 3.30. The van der Waals surface area contributed by atoms with Crippen molar-refractivity contribution in [2.75, 3.05) is 33.1 Å². The lowest BCUT2D eigenvalue weighted by Crippen LogP contribution is -2.59. The standard InChI is InChI=1S/C25H35NO7S/c1-7-33-22(28)24(4)18-14-20(32-6)19(31-5)12-16(18)9-11-26(24)34(29,30)15-25-10-8-17(13-21(25)27)23(25,2)3/h12,14,17H,7-11,13,15H2,1-6H3/t17-,24+,25+/m0/s1. The van der Waals surface area contributed by atoms with Crippen molar-refractivity contribution in [2.24, 2.45) is 16.7 Å². The van der Waals surface area contributed by atoms with E-state index in [0.717, 1.165) is 12.0 Å². The fraction of sp³-hybridized carbons (Fsp3) is 0.680. The third-order valence-corrected chi connectivity index (χ3v) is 10.9. The van der Waals surface area contributed by atoms with E-state index in [1.165, 1.54) is 18.5 Å². The second-order valence-electron chi connectivity index (χ2n) is 10.4. The van der Waals surface area contributed by atoms with Crippen LogP contribution < -0.4 is 9.47 Å². The number of hydrogen-bond donors (Lipinski definition) is 0. The second-order valence-corrected chi connectivity index (χ2v) is 12.3. The zero-order chi connectivity index (χ0) is 25.1. The number of carbonyl (C=O) groups excluding carboxylic acids is 2. The van der Waals surface area contributed by atoms with E-state index < -0.39 is 32.4 Å². The predicted octanol–water partition coefficient (Wildman–Crippen LogP) is 3.07. The number of ketones is 1. The maximum atomic E-state index is 14.1. The monoisotopic (exact) mass is 493 g/mol. The molecular formula is C25H35NO7S. The topological polar surface area (TPSA) is 99.2 Å².